The van der Waals surface area contributed by atoms with Gasteiger partial charge in [-0.1, -0.05) is 62.4 Å². The second-order valence-corrected chi connectivity index (χ2v) is 6.73. The summed E-state index contributed by atoms with van der Waals surface area (Å²) < 4.78 is 0. The van der Waals surface area contributed by atoms with Gasteiger partial charge in [0, 0.05) is 12.8 Å². The highest BCUT2D eigenvalue weighted by molar-refractivity contribution is 6.63. The van der Waals surface area contributed by atoms with Gasteiger partial charge in [-0.05, 0) is 59.5 Å². The van der Waals surface area contributed by atoms with Crippen LogP contribution in [0, 0.1) is 0 Å². The fourth-order valence-electron chi connectivity index (χ4n) is 2.91. The maximum atomic E-state index is 11.1. The van der Waals surface area contributed by atoms with E-state index in [-0.39, 0.29) is 11.0 Å². The average molecular weight is 399 g/mol. The molecule has 0 aliphatic heterocycles. The molecule has 0 spiro atoms. The van der Waals surface area contributed by atoms with E-state index in [0.29, 0.717) is 19.3 Å². The maximum Gasteiger partial charge on any atom is 0.323 e. The minimum Gasteiger partial charge on any atom is -0.361 e. The molecule has 0 radical (unpaired) electrons. The molecule has 0 aliphatic carbocycles. The molecule has 0 saturated heterocycles. The number of hydrogen-bond acceptors (Lipinski definition) is 2. The summed E-state index contributed by atoms with van der Waals surface area (Å²) in [5, 5.41) is -0.258. The summed E-state index contributed by atoms with van der Waals surface area (Å²) in [7, 11) is 0. The first-order chi connectivity index (χ1) is 13.5. The quantitative estimate of drug-likeness (QED) is 0.258. The lowest BCUT2D eigenvalue weighted by molar-refractivity contribution is -0.116. The van der Waals surface area contributed by atoms with Crippen molar-refractivity contribution in [1.29, 1.82) is 0 Å². The summed E-state index contributed by atoms with van der Waals surface area (Å²) in [5.41, 5.74) is 13.2. The summed E-state index contributed by atoms with van der Waals surface area (Å²) in [6, 6.07) is 16.2. The molecule has 5 heteroatoms. The molecule has 2 rings (SSSR count). The summed E-state index contributed by atoms with van der Waals surface area (Å²) in [4.78, 5) is 24.4. The van der Waals surface area contributed by atoms with Crippen LogP contribution in [0.1, 0.15) is 48.9 Å². The Morgan fingerprint density at radius 1 is 0.857 bits per heavy atom. The SMILES string of the molecule is CCc1ccccc1CCC(=O)C=[N+]=[N-].CCc1ccccc1CCC(=O)Cl. The minimum atomic E-state index is -0.258. The number of Topliss-reactive ketones (excluding diaryl/α,β-unsaturated/α-hetero) is 1. The highest BCUT2D eigenvalue weighted by Gasteiger charge is 2.05. The first-order valence-corrected chi connectivity index (χ1v) is 9.91. The van der Waals surface area contributed by atoms with Crippen LogP contribution in [-0.2, 0) is 35.3 Å². The van der Waals surface area contributed by atoms with Gasteiger partial charge in [0.15, 0.2) is 0 Å². The van der Waals surface area contributed by atoms with Gasteiger partial charge in [0.1, 0.15) is 0 Å². The van der Waals surface area contributed by atoms with Gasteiger partial charge in [-0.2, -0.15) is 4.79 Å². The standard InChI is InChI=1S/C12H14N2O.C11H13ClO/c1-2-10-5-3-4-6-11(10)7-8-12(15)9-14-13;1-2-9-5-3-4-6-10(9)7-8-11(12)13/h3-6,9H,2,7-8H2,1H3;3-6H,2,7-8H2,1H3. The number of ketones is 1. The predicted octanol–water partition coefficient (Wildman–Crippen LogP) is 5.00. The van der Waals surface area contributed by atoms with Crippen LogP contribution in [0.2, 0.25) is 0 Å². The number of carbonyl (C=O) groups is 2. The van der Waals surface area contributed by atoms with Gasteiger partial charge in [0.2, 0.25) is 11.0 Å². The van der Waals surface area contributed by atoms with Gasteiger partial charge in [0.05, 0.1) is 0 Å². The summed E-state index contributed by atoms with van der Waals surface area (Å²) >= 11 is 5.28. The Hall–Kier alpha value is -2.55. The second kappa shape index (κ2) is 13.6. The molecule has 28 heavy (non-hydrogen) atoms. The third-order valence-electron chi connectivity index (χ3n) is 4.43. The first-order valence-electron chi connectivity index (χ1n) is 9.53. The fourth-order valence-corrected chi connectivity index (χ4v) is 3.01. The lowest BCUT2D eigenvalue weighted by atomic mass is 10.0. The summed E-state index contributed by atoms with van der Waals surface area (Å²) in [6.07, 6.45) is 5.21. The van der Waals surface area contributed by atoms with Crippen LogP contribution in [0.4, 0.5) is 0 Å². The van der Waals surface area contributed by atoms with Crippen molar-refractivity contribution in [2.75, 3.05) is 0 Å². The number of benzene rings is 2. The van der Waals surface area contributed by atoms with Crippen molar-refractivity contribution in [2.45, 2.75) is 52.4 Å². The highest BCUT2D eigenvalue weighted by atomic mass is 35.5. The maximum absolute atomic E-state index is 11.1. The Morgan fingerprint density at radius 3 is 1.68 bits per heavy atom. The van der Waals surface area contributed by atoms with Crippen LogP contribution in [0.15, 0.2) is 48.5 Å². The smallest absolute Gasteiger partial charge is 0.323 e. The fraction of sp³-hybridized carbons (Fsp3) is 0.348. The zero-order chi connectivity index (χ0) is 20.8. The van der Waals surface area contributed by atoms with Crippen LogP contribution >= 0.6 is 11.6 Å². The molecule has 4 nitrogen and oxygen atoms in total. The average Bonchev–Trinajstić information content (AvgIpc) is 2.71. The van der Waals surface area contributed by atoms with Gasteiger partial charge in [-0.3, -0.25) is 9.59 Å². The third kappa shape index (κ3) is 8.90. The van der Waals surface area contributed by atoms with E-state index in [4.69, 9.17) is 17.1 Å². The molecule has 0 atom stereocenters. The Kier molecular flexibility index (Phi) is 11.4. The van der Waals surface area contributed by atoms with E-state index in [9.17, 15) is 9.59 Å². The molecule has 148 valence electrons. The Balaban J connectivity index is 0.000000283. The number of aryl methyl sites for hydroxylation is 4. The van der Waals surface area contributed by atoms with E-state index in [1.807, 2.05) is 30.3 Å². The van der Waals surface area contributed by atoms with Gasteiger partial charge >= 0.3 is 6.21 Å². The summed E-state index contributed by atoms with van der Waals surface area (Å²) in [6.45, 7) is 4.21. The van der Waals surface area contributed by atoms with Crippen LogP contribution in [0.25, 0.3) is 5.53 Å². The van der Waals surface area contributed by atoms with E-state index < -0.39 is 0 Å². The molecular weight excluding hydrogens is 372 g/mol. The molecule has 0 N–H and O–H groups in total. The molecule has 0 unspecified atom stereocenters. The number of halogens is 1. The predicted molar refractivity (Wildman–Crippen MR) is 114 cm³/mol. The molecular formula is C23H27ClN2O2. The third-order valence-corrected chi connectivity index (χ3v) is 4.62. The number of nitrogens with zero attached hydrogens (tertiary/aromatic N) is 2. The van der Waals surface area contributed by atoms with E-state index in [1.165, 1.54) is 22.3 Å². The number of rotatable bonds is 9. The van der Waals surface area contributed by atoms with Crippen molar-refractivity contribution in [3.8, 4) is 0 Å². The molecule has 0 fully saturated rings. The van der Waals surface area contributed by atoms with E-state index in [2.05, 4.69) is 36.8 Å². The Morgan fingerprint density at radius 2 is 1.29 bits per heavy atom. The monoisotopic (exact) mass is 398 g/mol. The van der Waals surface area contributed by atoms with E-state index >= 15 is 0 Å². The van der Waals surface area contributed by atoms with Crippen molar-refractivity contribution >= 4 is 28.8 Å². The van der Waals surface area contributed by atoms with Crippen LogP contribution in [-0.4, -0.2) is 22.0 Å². The zero-order valence-corrected chi connectivity index (χ0v) is 17.3. The van der Waals surface area contributed by atoms with Crippen molar-refractivity contribution in [3.63, 3.8) is 0 Å². The lowest BCUT2D eigenvalue weighted by Gasteiger charge is -2.04. The number of carbonyl (C=O) groups excluding carboxylic acids is 2. The number of hydrogen-bond donors (Lipinski definition) is 0. The largest absolute Gasteiger partial charge is 0.361 e. The Bertz CT molecular complexity index is 827. The van der Waals surface area contributed by atoms with Gasteiger partial charge in [-0.15, -0.1) is 0 Å². The van der Waals surface area contributed by atoms with Crippen molar-refractivity contribution in [3.05, 3.63) is 76.3 Å². The van der Waals surface area contributed by atoms with E-state index in [0.717, 1.165) is 25.5 Å². The first kappa shape index (κ1) is 23.5. The molecule has 0 heterocycles. The van der Waals surface area contributed by atoms with Crippen molar-refractivity contribution < 1.29 is 14.4 Å². The lowest BCUT2D eigenvalue weighted by Crippen LogP contribution is -2.03. The van der Waals surface area contributed by atoms with Crippen molar-refractivity contribution in [2.24, 2.45) is 0 Å². The summed E-state index contributed by atoms with van der Waals surface area (Å²) in [5.74, 6) is -0.150. The molecule has 0 aromatic heterocycles. The minimum absolute atomic E-state index is 0.150. The molecule has 2 aromatic carbocycles. The zero-order valence-electron chi connectivity index (χ0n) is 16.5. The molecule has 0 aliphatic rings. The van der Waals surface area contributed by atoms with Gasteiger partial charge < -0.3 is 5.53 Å². The normalized spacial score (nSPS) is 9.68. The van der Waals surface area contributed by atoms with Crippen LogP contribution < -0.4 is 0 Å². The van der Waals surface area contributed by atoms with Crippen molar-refractivity contribution in [1.82, 2.24) is 0 Å². The highest BCUT2D eigenvalue weighted by Crippen LogP contribution is 2.12. The molecule has 2 aromatic rings. The van der Waals surface area contributed by atoms with Crippen LogP contribution in [0.5, 0.6) is 0 Å². The van der Waals surface area contributed by atoms with Gasteiger partial charge in [-0.25, -0.2) is 0 Å². The molecule has 0 saturated carbocycles. The van der Waals surface area contributed by atoms with E-state index in [1.54, 1.807) is 0 Å². The topological polar surface area (TPSA) is 70.5 Å². The Labute approximate surface area is 172 Å². The molecule has 0 bridgehead atoms. The van der Waals surface area contributed by atoms with Crippen LogP contribution in [0.3, 0.4) is 0 Å². The second-order valence-electron chi connectivity index (χ2n) is 6.31. The molecule has 0 amide bonds. The van der Waals surface area contributed by atoms with Gasteiger partial charge in [0.25, 0.3) is 0 Å².